The summed E-state index contributed by atoms with van der Waals surface area (Å²) in [6.07, 6.45) is 0. The van der Waals surface area contributed by atoms with Crippen molar-refractivity contribution in [2.45, 2.75) is 13.5 Å². The maximum Gasteiger partial charge on any atom is 0.184 e. The van der Waals surface area contributed by atoms with Gasteiger partial charge in [-0.3, -0.25) is 0 Å². The van der Waals surface area contributed by atoms with Gasteiger partial charge in [0, 0.05) is 11.9 Å². The zero-order chi connectivity index (χ0) is 10.7. The van der Waals surface area contributed by atoms with Crippen LogP contribution in [0.4, 0.5) is 5.13 Å². The zero-order valence-corrected chi connectivity index (χ0v) is 10.7. The highest BCUT2D eigenvalue weighted by Crippen LogP contribution is 2.19. The second-order valence-electron chi connectivity index (χ2n) is 3.31. The first kappa shape index (κ1) is 10.6. The highest BCUT2D eigenvalue weighted by Gasteiger charge is 1.98. The summed E-state index contributed by atoms with van der Waals surface area (Å²) in [6, 6.07) is 8.50. The van der Waals surface area contributed by atoms with Gasteiger partial charge >= 0.3 is 0 Å². The Morgan fingerprint density at radius 2 is 2.07 bits per heavy atom. The Kier molecular flexibility index (Phi) is 3.38. The van der Waals surface area contributed by atoms with Gasteiger partial charge in [-0.25, -0.2) is 4.98 Å². The van der Waals surface area contributed by atoms with E-state index in [1.807, 2.05) is 5.38 Å². The number of halogens is 1. The first-order chi connectivity index (χ1) is 7.24. The maximum atomic E-state index is 4.27. The van der Waals surface area contributed by atoms with Crippen molar-refractivity contribution in [2.24, 2.45) is 0 Å². The summed E-state index contributed by atoms with van der Waals surface area (Å²) in [5.41, 5.74) is 2.56. The Labute approximate surface area is 101 Å². The van der Waals surface area contributed by atoms with Crippen molar-refractivity contribution >= 4 is 32.4 Å². The number of aryl methyl sites for hydroxylation is 1. The van der Waals surface area contributed by atoms with Gasteiger partial charge in [-0.2, -0.15) is 0 Å². The van der Waals surface area contributed by atoms with Crippen LogP contribution in [0.5, 0.6) is 0 Å². The van der Waals surface area contributed by atoms with Crippen LogP contribution in [-0.2, 0) is 6.54 Å². The van der Waals surface area contributed by atoms with Crippen LogP contribution in [0.1, 0.15) is 11.1 Å². The molecule has 1 heterocycles. The Morgan fingerprint density at radius 1 is 1.33 bits per heavy atom. The molecule has 0 aliphatic carbocycles. The molecule has 4 heteroatoms. The number of hydrogen-bond acceptors (Lipinski definition) is 3. The molecule has 0 saturated heterocycles. The molecule has 1 aromatic heterocycles. The molecule has 0 aliphatic heterocycles. The van der Waals surface area contributed by atoms with E-state index < -0.39 is 0 Å². The number of thiazole rings is 1. The monoisotopic (exact) mass is 282 g/mol. The van der Waals surface area contributed by atoms with Gasteiger partial charge in [0.2, 0.25) is 0 Å². The van der Waals surface area contributed by atoms with Gasteiger partial charge in [0.25, 0.3) is 0 Å². The number of rotatable bonds is 3. The van der Waals surface area contributed by atoms with Crippen LogP contribution < -0.4 is 5.32 Å². The molecule has 0 radical (unpaired) electrons. The first-order valence-corrected chi connectivity index (χ1v) is 6.32. The van der Waals surface area contributed by atoms with Gasteiger partial charge in [0.05, 0.1) is 0 Å². The van der Waals surface area contributed by atoms with Gasteiger partial charge in [-0.05, 0) is 28.4 Å². The summed E-state index contributed by atoms with van der Waals surface area (Å²) < 4.78 is 0.888. The second-order valence-corrected chi connectivity index (χ2v) is 4.99. The summed E-state index contributed by atoms with van der Waals surface area (Å²) in [5.74, 6) is 0. The summed E-state index contributed by atoms with van der Waals surface area (Å²) >= 11 is 4.93. The van der Waals surface area contributed by atoms with E-state index in [2.05, 4.69) is 57.4 Å². The van der Waals surface area contributed by atoms with Crippen molar-refractivity contribution < 1.29 is 0 Å². The van der Waals surface area contributed by atoms with Gasteiger partial charge in [0.1, 0.15) is 4.60 Å². The third-order valence-corrected chi connectivity index (χ3v) is 3.55. The molecule has 78 valence electrons. The highest BCUT2D eigenvalue weighted by atomic mass is 79.9. The molecule has 0 fully saturated rings. The third-order valence-electron chi connectivity index (χ3n) is 2.04. The molecule has 0 bridgehead atoms. The third kappa shape index (κ3) is 3.04. The zero-order valence-electron chi connectivity index (χ0n) is 8.33. The Bertz CT molecular complexity index is 436. The van der Waals surface area contributed by atoms with Gasteiger partial charge in [0.15, 0.2) is 5.13 Å². The van der Waals surface area contributed by atoms with E-state index in [1.165, 1.54) is 11.1 Å². The molecule has 15 heavy (non-hydrogen) atoms. The lowest BCUT2D eigenvalue weighted by Gasteiger charge is -2.02. The quantitative estimate of drug-likeness (QED) is 0.926. The number of nitrogens with one attached hydrogen (secondary N) is 1. The van der Waals surface area contributed by atoms with Crippen LogP contribution in [0.3, 0.4) is 0 Å². The number of anilines is 1. The van der Waals surface area contributed by atoms with E-state index in [-0.39, 0.29) is 0 Å². The van der Waals surface area contributed by atoms with E-state index in [0.717, 1.165) is 16.3 Å². The Hall–Kier alpha value is -0.870. The standard InChI is InChI=1S/C11H11BrN2S/c1-8-2-4-9(5-3-8)6-13-11-14-10(12)7-15-11/h2-5,7H,6H2,1H3,(H,13,14). The van der Waals surface area contributed by atoms with Crippen molar-refractivity contribution in [3.8, 4) is 0 Å². The number of benzene rings is 1. The highest BCUT2D eigenvalue weighted by molar-refractivity contribution is 9.10. The molecular formula is C11H11BrN2S. The van der Waals surface area contributed by atoms with Crippen LogP contribution in [-0.4, -0.2) is 4.98 Å². The second kappa shape index (κ2) is 4.77. The molecule has 2 aromatic rings. The van der Waals surface area contributed by atoms with Crippen LogP contribution in [0, 0.1) is 6.92 Å². The van der Waals surface area contributed by atoms with Gasteiger partial charge in [-0.1, -0.05) is 29.8 Å². The molecule has 0 unspecified atom stereocenters. The van der Waals surface area contributed by atoms with Gasteiger partial charge < -0.3 is 5.32 Å². The number of hydrogen-bond donors (Lipinski definition) is 1. The minimum atomic E-state index is 0.820. The smallest absolute Gasteiger partial charge is 0.184 e. The lowest BCUT2D eigenvalue weighted by Crippen LogP contribution is -1.98. The lowest BCUT2D eigenvalue weighted by molar-refractivity contribution is 1.13. The molecule has 0 amide bonds. The fourth-order valence-electron chi connectivity index (χ4n) is 1.22. The molecule has 2 rings (SSSR count). The first-order valence-electron chi connectivity index (χ1n) is 4.64. The molecular weight excluding hydrogens is 272 g/mol. The van der Waals surface area contributed by atoms with Crippen molar-refractivity contribution in [1.82, 2.24) is 4.98 Å². The molecule has 1 aromatic carbocycles. The van der Waals surface area contributed by atoms with Crippen molar-refractivity contribution in [2.75, 3.05) is 5.32 Å². The minimum absolute atomic E-state index is 0.820. The van der Waals surface area contributed by atoms with E-state index >= 15 is 0 Å². The number of aromatic nitrogens is 1. The minimum Gasteiger partial charge on any atom is -0.357 e. The summed E-state index contributed by atoms with van der Waals surface area (Å²) in [7, 11) is 0. The average molecular weight is 283 g/mol. The fraction of sp³-hybridized carbons (Fsp3) is 0.182. The van der Waals surface area contributed by atoms with Gasteiger partial charge in [-0.15, -0.1) is 11.3 Å². The van der Waals surface area contributed by atoms with Crippen LogP contribution in [0.25, 0.3) is 0 Å². The van der Waals surface area contributed by atoms with Crippen molar-refractivity contribution in [3.63, 3.8) is 0 Å². The molecule has 0 spiro atoms. The largest absolute Gasteiger partial charge is 0.357 e. The fourth-order valence-corrected chi connectivity index (χ4v) is 2.36. The predicted molar refractivity (Wildman–Crippen MR) is 68.3 cm³/mol. The molecule has 1 N–H and O–H groups in total. The van der Waals surface area contributed by atoms with Crippen LogP contribution in [0.2, 0.25) is 0 Å². The topological polar surface area (TPSA) is 24.9 Å². The molecule has 0 atom stereocenters. The number of nitrogens with zero attached hydrogens (tertiary/aromatic N) is 1. The predicted octanol–water partition coefficient (Wildman–Crippen LogP) is 3.83. The molecule has 2 nitrogen and oxygen atoms in total. The van der Waals surface area contributed by atoms with Crippen molar-refractivity contribution in [3.05, 3.63) is 45.4 Å². The van der Waals surface area contributed by atoms with Crippen molar-refractivity contribution in [1.29, 1.82) is 0 Å². The van der Waals surface area contributed by atoms with E-state index in [1.54, 1.807) is 11.3 Å². The van der Waals surface area contributed by atoms with E-state index in [0.29, 0.717) is 0 Å². The van der Waals surface area contributed by atoms with E-state index in [4.69, 9.17) is 0 Å². The van der Waals surface area contributed by atoms with Crippen LogP contribution in [0.15, 0.2) is 34.2 Å². The summed E-state index contributed by atoms with van der Waals surface area (Å²) in [6.45, 7) is 2.91. The molecule has 0 saturated carbocycles. The average Bonchev–Trinajstić information content (AvgIpc) is 2.64. The molecule has 0 aliphatic rings. The summed E-state index contributed by atoms with van der Waals surface area (Å²) in [4.78, 5) is 4.27. The lowest BCUT2D eigenvalue weighted by atomic mass is 10.1. The van der Waals surface area contributed by atoms with E-state index in [9.17, 15) is 0 Å². The normalized spacial score (nSPS) is 10.3. The SMILES string of the molecule is Cc1ccc(CNc2nc(Br)cs2)cc1. The Morgan fingerprint density at radius 3 is 2.67 bits per heavy atom. The maximum absolute atomic E-state index is 4.27. The summed E-state index contributed by atoms with van der Waals surface area (Å²) in [5, 5.41) is 6.20. The Balaban J connectivity index is 1.96. The van der Waals surface area contributed by atoms with Crippen LogP contribution >= 0.6 is 27.3 Å².